The molecule has 0 radical (unpaired) electrons. The number of nitriles is 1. The molecule has 0 saturated heterocycles. The normalized spacial score (nSPS) is 10.6. The smallest absolute Gasteiger partial charge is 0.178 e. The van der Waals surface area contributed by atoms with Gasteiger partial charge in [-0.1, -0.05) is 43.0 Å². The lowest BCUT2D eigenvalue weighted by Gasteiger charge is -2.09. The van der Waals surface area contributed by atoms with Gasteiger partial charge in [0, 0.05) is 17.5 Å². The van der Waals surface area contributed by atoms with Crippen LogP contribution in [0, 0.1) is 11.3 Å². The minimum absolute atomic E-state index is 0.431. The van der Waals surface area contributed by atoms with Crippen molar-refractivity contribution in [3.8, 4) is 6.07 Å². The second-order valence-electron chi connectivity index (χ2n) is 4.28. The summed E-state index contributed by atoms with van der Waals surface area (Å²) >= 11 is 2.95. The molecule has 1 N–H and O–H groups in total. The largest absolute Gasteiger partial charge is 0.310 e. The minimum atomic E-state index is 0.431. The third-order valence-corrected chi connectivity index (χ3v) is 4.27. The zero-order valence-electron chi connectivity index (χ0n) is 10.8. The van der Waals surface area contributed by atoms with Crippen LogP contribution in [0.25, 0.3) is 0 Å². The fraction of sp³-hybridized carbons (Fsp3) is 0.308. The van der Waals surface area contributed by atoms with Crippen LogP contribution in [0.5, 0.6) is 0 Å². The van der Waals surface area contributed by atoms with E-state index < -0.39 is 0 Å². The molecule has 6 heteroatoms. The van der Waals surface area contributed by atoms with Gasteiger partial charge in [-0.15, -0.1) is 10.2 Å². The van der Waals surface area contributed by atoms with E-state index in [0.29, 0.717) is 11.6 Å². The van der Waals surface area contributed by atoms with Gasteiger partial charge in [0.1, 0.15) is 11.6 Å². The van der Waals surface area contributed by atoms with Crippen molar-refractivity contribution in [2.45, 2.75) is 35.7 Å². The Balaban J connectivity index is 2.15. The highest BCUT2D eigenvalue weighted by atomic mass is 32.2. The van der Waals surface area contributed by atoms with Crippen molar-refractivity contribution >= 4 is 23.1 Å². The van der Waals surface area contributed by atoms with Crippen molar-refractivity contribution in [1.82, 2.24) is 15.5 Å². The molecule has 0 saturated carbocycles. The molecule has 0 atom stereocenters. The molecule has 2 aromatic rings. The number of nitrogens with zero attached hydrogens (tertiary/aromatic N) is 3. The van der Waals surface area contributed by atoms with E-state index in [0.717, 1.165) is 21.3 Å². The van der Waals surface area contributed by atoms with Crippen molar-refractivity contribution in [3.05, 3.63) is 34.8 Å². The molecule has 0 aliphatic carbocycles. The molecule has 4 nitrogen and oxygen atoms in total. The number of rotatable bonds is 5. The summed E-state index contributed by atoms with van der Waals surface area (Å²) in [6.45, 7) is 4.98. The SMILES string of the molecule is CC(C)NCc1ccc(Sc2nncs2)c(C#N)c1. The van der Waals surface area contributed by atoms with Crippen molar-refractivity contribution in [3.63, 3.8) is 0 Å². The summed E-state index contributed by atoms with van der Waals surface area (Å²) in [5, 5.41) is 20.3. The minimum Gasteiger partial charge on any atom is -0.310 e. The third kappa shape index (κ3) is 4.03. The van der Waals surface area contributed by atoms with Crippen LogP contribution in [0.15, 0.2) is 32.9 Å². The zero-order valence-corrected chi connectivity index (χ0v) is 12.4. The van der Waals surface area contributed by atoms with Gasteiger partial charge in [-0.25, -0.2) is 0 Å². The average molecular weight is 290 g/mol. The van der Waals surface area contributed by atoms with Crippen LogP contribution in [-0.4, -0.2) is 16.2 Å². The summed E-state index contributed by atoms with van der Waals surface area (Å²) in [6, 6.07) is 8.62. The Bertz CT molecular complexity index is 573. The molecule has 0 fully saturated rings. The number of nitrogens with one attached hydrogen (secondary N) is 1. The fourth-order valence-corrected chi connectivity index (χ4v) is 2.98. The van der Waals surface area contributed by atoms with E-state index in [1.54, 1.807) is 5.51 Å². The van der Waals surface area contributed by atoms with E-state index in [4.69, 9.17) is 0 Å². The van der Waals surface area contributed by atoms with Crippen molar-refractivity contribution < 1.29 is 0 Å². The molecule has 19 heavy (non-hydrogen) atoms. The standard InChI is InChI=1S/C13H14N4S2/c1-9(2)15-7-10-3-4-12(11(5-10)6-14)19-13-17-16-8-18-13/h3-5,8-9,15H,7H2,1-2H3. The molecule has 0 aliphatic heterocycles. The first kappa shape index (κ1) is 14.0. The molecule has 0 unspecified atom stereocenters. The Morgan fingerprint density at radius 1 is 1.47 bits per heavy atom. The fourth-order valence-electron chi connectivity index (χ4n) is 1.49. The second-order valence-corrected chi connectivity index (χ2v) is 6.41. The Morgan fingerprint density at radius 2 is 2.32 bits per heavy atom. The van der Waals surface area contributed by atoms with E-state index in [9.17, 15) is 5.26 Å². The molecule has 1 heterocycles. The average Bonchev–Trinajstić information content (AvgIpc) is 2.90. The van der Waals surface area contributed by atoms with Gasteiger partial charge < -0.3 is 5.32 Å². The number of benzene rings is 1. The molecular formula is C13H14N4S2. The van der Waals surface area contributed by atoms with E-state index in [1.807, 2.05) is 18.2 Å². The third-order valence-electron chi connectivity index (χ3n) is 2.42. The van der Waals surface area contributed by atoms with Crippen LogP contribution in [0.3, 0.4) is 0 Å². The van der Waals surface area contributed by atoms with Crippen LogP contribution < -0.4 is 5.32 Å². The lowest BCUT2D eigenvalue weighted by atomic mass is 10.1. The van der Waals surface area contributed by atoms with E-state index in [1.165, 1.54) is 23.1 Å². The van der Waals surface area contributed by atoms with E-state index in [2.05, 4.69) is 35.4 Å². The summed E-state index contributed by atoms with van der Waals surface area (Å²) in [5.41, 5.74) is 3.49. The van der Waals surface area contributed by atoms with Gasteiger partial charge in [0.15, 0.2) is 4.34 Å². The maximum Gasteiger partial charge on any atom is 0.178 e. The molecule has 98 valence electrons. The molecule has 2 rings (SSSR count). The number of hydrogen-bond donors (Lipinski definition) is 1. The molecule has 0 amide bonds. The molecule has 0 spiro atoms. The van der Waals surface area contributed by atoms with Crippen LogP contribution in [0.2, 0.25) is 0 Å². The highest BCUT2D eigenvalue weighted by Crippen LogP contribution is 2.31. The maximum atomic E-state index is 9.23. The zero-order chi connectivity index (χ0) is 13.7. The predicted molar refractivity (Wildman–Crippen MR) is 77.2 cm³/mol. The van der Waals surface area contributed by atoms with Crippen LogP contribution >= 0.6 is 23.1 Å². The van der Waals surface area contributed by atoms with Gasteiger partial charge in [0.2, 0.25) is 0 Å². The van der Waals surface area contributed by atoms with Crippen molar-refractivity contribution in [1.29, 1.82) is 5.26 Å². The van der Waals surface area contributed by atoms with Crippen molar-refractivity contribution in [2.75, 3.05) is 0 Å². The summed E-state index contributed by atoms with van der Waals surface area (Å²) < 4.78 is 0.851. The predicted octanol–water partition coefficient (Wildman–Crippen LogP) is 3.06. The lowest BCUT2D eigenvalue weighted by Crippen LogP contribution is -2.21. The quantitative estimate of drug-likeness (QED) is 0.917. The molecule has 1 aromatic heterocycles. The topological polar surface area (TPSA) is 61.6 Å². The van der Waals surface area contributed by atoms with Crippen LogP contribution in [0.4, 0.5) is 0 Å². The Labute approximate surface area is 120 Å². The van der Waals surface area contributed by atoms with Gasteiger partial charge in [-0.05, 0) is 17.7 Å². The second kappa shape index (κ2) is 6.66. The molecule has 1 aromatic carbocycles. The molecule has 0 bridgehead atoms. The lowest BCUT2D eigenvalue weighted by molar-refractivity contribution is 0.588. The van der Waals surface area contributed by atoms with Gasteiger partial charge in [-0.2, -0.15) is 5.26 Å². The number of aromatic nitrogens is 2. The monoisotopic (exact) mass is 290 g/mol. The van der Waals surface area contributed by atoms with E-state index in [-0.39, 0.29) is 0 Å². The Morgan fingerprint density at radius 3 is 2.95 bits per heavy atom. The summed E-state index contributed by atoms with van der Waals surface area (Å²) in [4.78, 5) is 0.924. The molecular weight excluding hydrogens is 276 g/mol. The highest BCUT2D eigenvalue weighted by Gasteiger charge is 2.08. The molecule has 0 aliphatic rings. The first-order valence-electron chi connectivity index (χ1n) is 5.89. The van der Waals surface area contributed by atoms with Gasteiger partial charge in [0.25, 0.3) is 0 Å². The summed E-state index contributed by atoms with van der Waals surface area (Å²) in [7, 11) is 0. The highest BCUT2D eigenvalue weighted by molar-refractivity contribution is 8.01. The maximum absolute atomic E-state index is 9.23. The Hall–Kier alpha value is -1.42. The van der Waals surface area contributed by atoms with Gasteiger partial charge >= 0.3 is 0 Å². The van der Waals surface area contributed by atoms with Crippen LogP contribution in [-0.2, 0) is 6.54 Å². The summed E-state index contributed by atoms with van der Waals surface area (Å²) in [6.07, 6.45) is 0. The van der Waals surface area contributed by atoms with E-state index >= 15 is 0 Å². The van der Waals surface area contributed by atoms with Gasteiger partial charge in [-0.3, -0.25) is 0 Å². The number of hydrogen-bond acceptors (Lipinski definition) is 6. The van der Waals surface area contributed by atoms with Crippen molar-refractivity contribution in [2.24, 2.45) is 0 Å². The first-order valence-corrected chi connectivity index (χ1v) is 7.59. The first-order chi connectivity index (χ1) is 9.19. The van der Waals surface area contributed by atoms with Crippen LogP contribution in [0.1, 0.15) is 25.0 Å². The van der Waals surface area contributed by atoms with Gasteiger partial charge in [0.05, 0.1) is 5.56 Å². The Kier molecular flexibility index (Phi) is 4.91. The summed E-state index contributed by atoms with van der Waals surface area (Å²) in [5.74, 6) is 0.